The number of ether oxygens (including phenoxy) is 1. The normalized spacial score (nSPS) is 28.2. The minimum atomic E-state index is -0.451. The lowest BCUT2D eigenvalue weighted by atomic mass is 9.89. The number of carbonyl (C=O) groups excluding carboxylic acids is 1. The Bertz CT molecular complexity index is 354. The Morgan fingerprint density at radius 3 is 2.55 bits per heavy atom. The molecule has 0 bridgehead atoms. The van der Waals surface area contributed by atoms with Gasteiger partial charge in [0.05, 0.1) is 0 Å². The molecule has 5 heteroatoms. The van der Waals surface area contributed by atoms with Gasteiger partial charge in [-0.1, -0.05) is 13.8 Å². The van der Waals surface area contributed by atoms with E-state index in [9.17, 15) is 4.79 Å². The van der Waals surface area contributed by atoms with Gasteiger partial charge >= 0.3 is 6.09 Å². The Morgan fingerprint density at radius 1 is 1.36 bits per heavy atom. The highest BCUT2D eigenvalue weighted by Gasteiger charge is 2.29. The molecule has 1 saturated heterocycles. The van der Waals surface area contributed by atoms with Gasteiger partial charge in [0.2, 0.25) is 0 Å². The smallest absolute Gasteiger partial charge is 0.407 e. The first-order chi connectivity index (χ1) is 10.1. The van der Waals surface area contributed by atoms with E-state index in [1.165, 1.54) is 0 Å². The lowest BCUT2D eigenvalue weighted by molar-refractivity contribution is 0.0498. The van der Waals surface area contributed by atoms with Crippen LogP contribution in [0.4, 0.5) is 4.79 Å². The molecule has 4 atom stereocenters. The molecule has 1 aliphatic rings. The molecule has 4 unspecified atom stereocenters. The monoisotopic (exact) mass is 313 g/mol. The van der Waals surface area contributed by atoms with Crippen molar-refractivity contribution in [3.05, 3.63) is 0 Å². The maximum atomic E-state index is 11.9. The third kappa shape index (κ3) is 6.53. The van der Waals surface area contributed by atoms with Crippen LogP contribution >= 0.6 is 0 Å². The summed E-state index contributed by atoms with van der Waals surface area (Å²) in [4.78, 5) is 14.3. The Hall–Kier alpha value is -0.810. The van der Waals surface area contributed by atoms with Crippen LogP contribution in [-0.2, 0) is 4.74 Å². The van der Waals surface area contributed by atoms with Crippen LogP contribution in [0.5, 0.6) is 0 Å². The number of carbonyl (C=O) groups is 1. The average molecular weight is 313 g/mol. The number of piperidine rings is 1. The molecule has 0 aromatic rings. The number of rotatable bonds is 5. The topological polar surface area (TPSA) is 53.6 Å². The van der Waals surface area contributed by atoms with Gasteiger partial charge in [-0.25, -0.2) is 4.79 Å². The van der Waals surface area contributed by atoms with Crippen LogP contribution in [0.15, 0.2) is 0 Å². The van der Waals surface area contributed by atoms with E-state index in [-0.39, 0.29) is 12.1 Å². The molecule has 1 heterocycles. The first-order valence-corrected chi connectivity index (χ1v) is 8.55. The van der Waals surface area contributed by atoms with Crippen molar-refractivity contribution >= 4 is 6.09 Å². The molecule has 5 nitrogen and oxygen atoms in total. The third-order valence-electron chi connectivity index (χ3n) is 4.45. The highest BCUT2D eigenvalue weighted by molar-refractivity contribution is 5.68. The highest BCUT2D eigenvalue weighted by Crippen LogP contribution is 2.20. The molecule has 0 spiro atoms. The zero-order chi connectivity index (χ0) is 16.9. The number of likely N-dealkylation sites (tertiary alicyclic amines) is 1. The molecule has 0 aromatic heterocycles. The van der Waals surface area contributed by atoms with Gasteiger partial charge in [0.15, 0.2) is 0 Å². The fourth-order valence-corrected chi connectivity index (χ4v) is 2.89. The maximum Gasteiger partial charge on any atom is 0.407 e. The molecule has 0 aromatic carbocycles. The summed E-state index contributed by atoms with van der Waals surface area (Å²) in [5.74, 6) is 0.625. The van der Waals surface area contributed by atoms with Gasteiger partial charge in [-0.05, 0) is 53.5 Å². The van der Waals surface area contributed by atoms with E-state index in [4.69, 9.17) is 4.74 Å². The minimum absolute atomic E-state index is 0.108. The van der Waals surface area contributed by atoms with E-state index in [1.54, 1.807) is 0 Å². The van der Waals surface area contributed by atoms with Crippen LogP contribution in [0.2, 0.25) is 0 Å². The van der Waals surface area contributed by atoms with Gasteiger partial charge in [-0.3, -0.25) is 0 Å². The second kappa shape index (κ2) is 8.16. The third-order valence-corrected chi connectivity index (χ3v) is 4.45. The average Bonchev–Trinajstić information content (AvgIpc) is 2.37. The van der Waals surface area contributed by atoms with Gasteiger partial charge in [0.25, 0.3) is 0 Å². The molecule has 1 aliphatic heterocycles. The molecular weight excluding hydrogens is 278 g/mol. The number of alkyl carbamates (subject to hydrolysis) is 1. The van der Waals surface area contributed by atoms with Crippen molar-refractivity contribution < 1.29 is 9.53 Å². The summed E-state index contributed by atoms with van der Waals surface area (Å²) in [6.07, 6.45) is 1.72. The zero-order valence-corrected chi connectivity index (χ0v) is 15.4. The van der Waals surface area contributed by atoms with Gasteiger partial charge < -0.3 is 20.3 Å². The fourth-order valence-electron chi connectivity index (χ4n) is 2.89. The van der Waals surface area contributed by atoms with Gasteiger partial charge in [-0.15, -0.1) is 0 Å². The molecular formula is C17H35N3O2. The Balaban J connectivity index is 2.42. The van der Waals surface area contributed by atoms with Crippen LogP contribution < -0.4 is 10.6 Å². The molecule has 22 heavy (non-hydrogen) atoms. The zero-order valence-electron chi connectivity index (χ0n) is 15.4. The van der Waals surface area contributed by atoms with Gasteiger partial charge in [0, 0.05) is 31.2 Å². The number of nitrogens with zero attached hydrogens (tertiary/aromatic N) is 1. The molecule has 2 N–H and O–H groups in total. The van der Waals surface area contributed by atoms with Gasteiger partial charge in [-0.2, -0.15) is 0 Å². The summed E-state index contributed by atoms with van der Waals surface area (Å²) in [6, 6.07) is 1.23. The first kappa shape index (κ1) is 19.2. The molecule has 1 amide bonds. The maximum absolute atomic E-state index is 11.9. The summed E-state index contributed by atoms with van der Waals surface area (Å²) in [7, 11) is 2.19. The lowest BCUT2D eigenvalue weighted by Crippen LogP contribution is -2.53. The summed E-state index contributed by atoms with van der Waals surface area (Å²) in [5.41, 5.74) is -0.451. The standard InChI is InChI=1S/C17H35N3O2/c1-8-14(19-16(21)22-17(4,5)6)10-18-15-9-13(3)20(7)11-12(15)2/h12-15,18H,8-11H2,1-7H3,(H,19,21). The predicted molar refractivity (Wildman–Crippen MR) is 91.1 cm³/mol. The summed E-state index contributed by atoms with van der Waals surface area (Å²) < 4.78 is 5.33. The van der Waals surface area contributed by atoms with Crippen LogP contribution in [-0.4, -0.2) is 54.9 Å². The molecule has 0 radical (unpaired) electrons. The second-order valence-electron chi connectivity index (χ2n) is 7.77. The Kier molecular flexibility index (Phi) is 7.13. The largest absolute Gasteiger partial charge is 0.444 e. The number of hydrogen-bond acceptors (Lipinski definition) is 4. The Labute approximate surface area is 136 Å². The van der Waals surface area contributed by atoms with E-state index < -0.39 is 5.60 Å². The van der Waals surface area contributed by atoms with Crippen molar-refractivity contribution in [1.29, 1.82) is 0 Å². The number of nitrogens with one attached hydrogen (secondary N) is 2. The minimum Gasteiger partial charge on any atom is -0.444 e. The van der Waals surface area contributed by atoms with Crippen molar-refractivity contribution in [3.8, 4) is 0 Å². The van der Waals surface area contributed by atoms with E-state index in [0.29, 0.717) is 18.0 Å². The molecule has 0 aliphatic carbocycles. The molecule has 130 valence electrons. The molecule has 0 saturated carbocycles. The number of hydrogen-bond donors (Lipinski definition) is 2. The quantitative estimate of drug-likeness (QED) is 0.819. The summed E-state index contributed by atoms with van der Waals surface area (Å²) in [5, 5.41) is 6.61. The highest BCUT2D eigenvalue weighted by atomic mass is 16.6. The van der Waals surface area contributed by atoms with E-state index >= 15 is 0 Å². The first-order valence-electron chi connectivity index (χ1n) is 8.55. The van der Waals surface area contributed by atoms with E-state index in [2.05, 4.69) is 43.4 Å². The van der Waals surface area contributed by atoms with Crippen molar-refractivity contribution in [2.45, 2.75) is 78.1 Å². The SMILES string of the molecule is CCC(CNC1CC(C)N(C)CC1C)NC(=O)OC(C)(C)C. The van der Waals surface area contributed by atoms with Crippen LogP contribution in [0.3, 0.4) is 0 Å². The van der Waals surface area contributed by atoms with Crippen molar-refractivity contribution in [3.63, 3.8) is 0 Å². The number of amides is 1. The molecule has 1 rings (SSSR count). The van der Waals surface area contributed by atoms with Crippen molar-refractivity contribution in [1.82, 2.24) is 15.5 Å². The predicted octanol–water partition coefficient (Wildman–Crippen LogP) is 2.61. The fraction of sp³-hybridized carbons (Fsp3) is 0.941. The van der Waals surface area contributed by atoms with Crippen LogP contribution in [0.25, 0.3) is 0 Å². The lowest BCUT2D eigenvalue weighted by Gasteiger charge is -2.40. The summed E-state index contributed by atoms with van der Waals surface area (Å²) in [6.45, 7) is 14.2. The van der Waals surface area contributed by atoms with Crippen LogP contribution in [0, 0.1) is 5.92 Å². The Morgan fingerprint density at radius 2 is 2.00 bits per heavy atom. The van der Waals surface area contributed by atoms with Gasteiger partial charge in [0.1, 0.15) is 5.60 Å². The van der Waals surface area contributed by atoms with Crippen LogP contribution in [0.1, 0.15) is 54.4 Å². The molecule has 1 fully saturated rings. The second-order valence-corrected chi connectivity index (χ2v) is 7.77. The van der Waals surface area contributed by atoms with Crippen molar-refractivity contribution in [2.75, 3.05) is 20.1 Å². The van der Waals surface area contributed by atoms with E-state index in [1.807, 2.05) is 20.8 Å². The summed E-state index contributed by atoms with van der Waals surface area (Å²) >= 11 is 0. The van der Waals surface area contributed by atoms with E-state index in [0.717, 1.165) is 25.9 Å². The van der Waals surface area contributed by atoms with Crippen molar-refractivity contribution in [2.24, 2.45) is 5.92 Å².